The van der Waals surface area contributed by atoms with Gasteiger partial charge in [0.05, 0.1) is 12.2 Å². The molecule has 0 heterocycles. The molecule has 0 saturated carbocycles. The van der Waals surface area contributed by atoms with E-state index in [0.29, 0.717) is 23.8 Å². The van der Waals surface area contributed by atoms with Gasteiger partial charge in [0.2, 0.25) is 0 Å². The molecule has 166 valence electrons. The van der Waals surface area contributed by atoms with E-state index >= 15 is 0 Å². The highest BCUT2D eigenvalue weighted by atomic mass is 16.5. The maximum Gasteiger partial charge on any atom is 0.153 e. The topological polar surface area (TPSA) is 26.3 Å². The SMILES string of the molecule is CC(C)CCCC(C)CCCC(C)CCCC(C)CCOc1ccccc1C=O. The first-order valence-electron chi connectivity index (χ1n) is 12.1. The lowest BCUT2D eigenvalue weighted by Gasteiger charge is -2.16. The number of aldehydes is 1. The summed E-state index contributed by atoms with van der Waals surface area (Å²) in [6, 6.07) is 7.47. The normalized spacial score (nSPS) is 14.6. The van der Waals surface area contributed by atoms with E-state index in [9.17, 15) is 4.79 Å². The van der Waals surface area contributed by atoms with Gasteiger partial charge in [-0.25, -0.2) is 0 Å². The van der Waals surface area contributed by atoms with Crippen LogP contribution in [0.5, 0.6) is 5.75 Å². The molecule has 0 aliphatic rings. The fourth-order valence-electron chi connectivity index (χ4n) is 4.02. The summed E-state index contributed by atoms with van der Waals surface area (Å²) in [4.78, 5) is 11.0. The molecule has 0 bridgehead atoms. The highest BCUT2D eigenvalue weighted by molar-refractivity contribution is 5.79. The van der Waals surface area contributed by atoms with Gasteiger partial charge in [0, 0.05) is 0 Å². The summed E-state index contributed by atoms with van der Waals surface area (Å²) in [5, 5.41) is 0. The van der Waals surface area contributed by atoms with Gasteiger partial charge in [-0.3, -0.25) is 4.79 Å². The van der Waals surface area contributed by atoms with Gasteiger partial charge in [-0.1, -0.05) is 105 Å². The summed E-state index contributed by atoms with van der Waals surface area (Å²) < 4.78 is 5.81. The predicted molar refractivity (Wildman–Crippen MR) is 126 cm³/mol. The third-order valence-electron chi connectivity index (χ3n) is 6.18. The molecule has 0 amide bonds. The van der Waals surface area contributed by atoms with Crippen molar-refractivity contribution in [2.75, 3.05) is 6.61 Å². The molecule has 0 aliphatic heterocycles. The van der Waals surface area contributed by atoms with E-state index in [1.165, 1.54) is 57.8 Å². The van der Waals surface area contributed by atoms with Gasteiger partial charge >= 0.3 is 0 Å². The lowest BCUT2D eigenvalue weighted by atomic mass is 9.91. The summed E-state index contributed by atoms with van der Waals surface area (Å²) in [5.41, 5.74) is 0.642. The van der Waals surface area contributed by atoms with Gasteiger partial charge in [0.1, 0.15) is 5.75 Å². The molecule has 0 radical (unpaired) electrons. The van der Waals surface area contributed by atoms with Crippen molar-refractivity contribution in [3.63, 3.8) is 0 Å². The molecule has 29 heavy (non-hydrogen) atoms. The fourth-order valence-corrected chi connectivity index (χ4v) is 4.02. The third kappa shape index (κ3) is 12.8. The first-order chi connectivity index (χ1) is 13.9. The van der Waals surface area contributed by atoms with Gasteiger partial charge in [-0.2, -0.15) is 0 Å². The number of carbonyl (C=O) groups excluding carboxylic acids is 1. The largest absolute Gasteiger partial charge is 0.493 e. The number of para-hydroxylation sites is 1. The van der Waals surface area contributed by atoms with E-state index in [1.54, 1.807) is 6.07 Å². The first kappa shape index (κ1) is 25.7. The van der Waals surface area contributed by atoms with Crippen molar-refractivity contribution in [1.82, 2.24) is 0 Å². The van der Waals surface area contributed by atoms with Crippen LogP contribution in [0.2, 0.25) is 0 Å². The van der Waals surface area contributed by atoms with Crippen LogP contribution in [0.3, 0.4) is 0 Å². The number of ether oxygens (including phenoxy) is 1. The van der Waals surface area contributed by atoms with Crippen molar-refractivity contribution in [2.24, 2.45) is 23.7 Å². The van der Waals surface area contributed by atoms with Crippen molar-refractivity contribution in [1.29, 1.82) is 0 Å². The maximum absolute atomic E-state index is 11.0. The minimum Gasteiger partial charge on any atom is -0.493 e. The summed E-state index contributed by atoms with van der Waals surface area (Å²) in [5.74, 6) is 3.97. The van der Waals surface area contributed by atoms with Crippen LogP contribution in [0.4, 0.5) is 0 Å². The molecule has 0 aromatic heterocycles. The van der Waals surface area contributed by atoms with Crippen molar-refractivity contribution < 1.29 is 9.53 Å². The molecular weight excluding hydrogens is 356 g/mol. The molecule has 2 nitrogen and oxygen atoms in total. The molecule has 0 spiro atoms. The van der Waals surface area contributed by atoms with Crippen molar-refractivity contribution in [3.8, 4) is 5.75 Å². The van der Waals surface area contributed by atoms with Crippen LogP contribution < -0.4 is 4.74 Å². The van der Waals surface area contributed by atoms with Crippen LogP contribution in [0, 0.1) is 23.7 Å². The van der Waals surface area contributed by atoms with Crippen LogP contribution in [-0.2, 0) is 0 Å². The van der Waals surface area contributed by atoms with Gasteiger partial charge < -0.3 is 4.74 Å². The Hall–Kier alpha value is -1.31. The lowest BCUT2D eigenvalue weighted by molar-refractivity contribution is 0.111. The predicted octanol–water partition coefficient (Wildman–Crippen LogP) is 8.34. The molecular formula is C27H46O2. The zero-order chi connectivity index (χ0) is 21.5. The Morgan fingerprint density at radius 3 is 1.72 bits per heavy atom. The fraction of sp³-hybridized carbons (Fsp3) is 0.741. The lowest BCUT2D eigenvalue weighted by Crippen LogP contribution is -2.06. The highest BCUT2D eigenvalue weighted by Gasteiger charge is 2.09. The van der Waals surface area contributed by atoms with Crippen LogP contribution >= 0.6 is 0 Å². The van der Waals surface area contributed by atoms with Crippen molar-refractivity contribution in [2.45, 2.75) is 98.8 Å². The molecule has 0 saturated heterocycles. The van der Waals surface area contributed by atoms with E-state index in [4.69, 9.17) is 4.74 Å². The van der Waals surface area contributed by atoms with Crippen molar-refractivity contribution in [3.05, 3.63) is 29.8 Å². The van der Waals surface area contributed by atoms with Crippen LogP contribution in [-0.4, -0.2) is 12.9 Å². The standard InChI is InChI=1S/C27H46O2/c1-22(2)11-8-12-23(3)13-9-14-24(4)15-10-16-25(5)19-20-29-27-18-7-6-17-26(27)21-28/h6-7,17-18,21-25H,8-16,19-20H2,1-5H3. The molecule has 0 fully saturated rings. The van der Waals surface area contributed by atoms with Crippen molar-refractivity contribution >= 4 is 6.29 Å². The Balaban J connectivity index is 2.05. The Morgan fingerprint density at radius 2 is 1.21 bits per heavy atom. The minimum absolute atomic E-state index is 0.642. The van der Waals surface area contributed by atoms with E-state index in [0.717, 1.165) is 30.5 Å². The van der Waals surface area contributed by atoms with Gasteiger partial charge in [-0.15, -0.1) is 0 Å². The van der Waals surface area contributed by atoms with E-state index < -0.39 is 0 Å². The molecule has 1 aromatic rings. The second-order valence-electron chi connectivity index (χ2n) is 9.79. The quantitative estimate of drug-likeness (QED) is 0.245. The van der Waals surface area contributed by atoms with E-state index in [1.807, 2.05) is 18.2 Å². The molecule has 1 rings (SSSR count). The molecule has 0 N–H and O–H groups in total. The Bertz CT molecular complexity index is 537. The van der Waals surface area contributed by atoms with E-state index in [-0.39, 0.29) is 0 Å². The summed E-state index contributed by atoms with van der Waals surface area (Å²) >= 11 is 0. The number of hydrogen-bond donors (Lipinski definition) is 0. The second-order valence-corrected chi connectivity index (χ2v) is 9.79. The smallest absolute Gasteiger partial charge is 0.153 e. The molecule has 1 aromatic carbocycles. The summed E-state index contributed by atoms with van der Waals surface area (Å²) in [6.45, 7) is 12.5. The monoisotopic (exact) mass is 402 g/mol. The van der Waals surface area contributed by atoms with Gasteiger partial charge in [0.25, 0.3) is 0 Å². The molecule has 3 unspecified atom stereocenters. The van der Waals surface area contributed by atoms with E-state index in [2.05, 4.69) is 34.6 Å². The summed E-state index contributed by atoms with van der Waals surface area (Å²) in [7, 11) is 0. The van der Waals surface area contributed by atoms with Crippen LogP contribution in [0.25, 0.3) is 0 Å². The zero-order valence-corrected chi connectivity index (χ0v) is 19.8. The zero-order valence-electron chi connectivity index (χ0n) is 19.8. The maximum atomic E-state index is 11.0. The number of hydrogen-bond acceptors (Lipinski definition) is 2. The number of rotatable bonds is 17. The molecule has 3 atom stereocenters. The Morgan fingerprint density at radius 1 is 0.724 bits per heavy atom. The average Bonchev–Trinajstić information content (AvgIpc) is 2.68. The number of carbonyl (C=O) groups is 1. The molecule has 2 heteroatoms. The van der Waals surface area contributed by atoms with Gasteiger partial charge in [0.15, 0.2) is 6.29 Å². The minimum atomic E-state index is 0.642. The Labute approximate surface area is 180 Å². The third-order valence-corrected chi connectivity index (χ3v) is 6.18. The van der Waals surface area contributed by atoms with Crippen LogP contribution in [0.1, 0.15) is 109 Å². The highest BCUT2D eigenvalue weighted by Crippen LogP contribution is 2.23. The van der Waals surface area contributed by atoms with Crippen LogP contribution in [0.15, 0.2) is 24.3 Å². The Kier molecular flexibility index (Phi) is 13.8. The summed E-state index contributed by atoms with van der Waals surface area (Å²) in [6.07, 6.45) is 14.2. The molecule has 0 aliphatic carbocycles. The first-order valence-corrected chi connectivity index (χ1v) is 12.1. The number of benzene rings is 1. The second kappa shape index (κ2) is 15.5. The average molecular weight is 403 g/mol. The van der Waals surface area contributed by atoms with Gasteiger partial charge in [-0.05, 0) is 42.2 Å².